The molecule has 1 fully saturated rings. The van der Waals surface area contributed by atoms with Crippen LogP contribution in [0.15, 0.2) is 36.7 Å². The molecule has 0 unspecified atom stereocenters. The molecule has 1 atom stereocenters. The van der Waals surface area contributed by atoms with E-state index in [4.69, 9.17) is 0 Å². The lowest BCUT2D eigenvalue weighted by Crippen LogP contribution is -2.30. The van der Waals surface area contributed by atoms with E-state index < -0.39 is 0 Å². The molecule has 4 heterocycles. The van der Waals surface area contributed by atoms with Crippen molar-refractivity contribution in [1.29, 1.82) is 0 Å². The minimum atomic E-state index is 0.167. The van der Waals surface area contributed by atoms with Gasteiger partial charge in [-0.1, -0.05) is 6.07 Å². The molecule has 0 bridgehead atoms. The van der Waals surface area contributed by atoms with Crippen LogP contribution in [-0.4, -0.2) is 43.5 Å². The minimum absolute atomic E-state index is 0.167. The van der Waals surface area contributed by atoms with E-state index in [9.17, 15) is 4.79 Å². The summed E-state index contributed by atoms with van der Waals surface area (Å²) in [6.07, 6.45) is 5.11. The predicted octanol–water partition coefficient (Wildman–Crippen LogP) is 1.92. The Hall–Kier alpha value is -2.63. The fraction of sp³-hybridized carbons (Fsp3) is 0.353. The number of imidazole rings is 1. The topological polar surface area (TPSA) is 66.3 Å². The number of pyridine rings is 1. The molecule has 1 aliphatic heterocycles. The van der Waals surface area contributed by atoms with Crippen LogP contribution in [0, 0.1) is 6.92 Å². The van der Waals surface area contributed by atoms with Gasteiger partial charge < -0.3 is 9.30 Å². The van der Waals surface area contributed by atoms with Crippen molar-refractivity contribution in [3.05, 3.63) is 53.7 Å². The van der Waals surface area contributed by atoms with E-state index >= 15 is 0 Å². The van der Waals surface area contributed by atoms with E-state index in [0.717, 1.165) is 42.2 Å². The van der Waals surface area contributed by atoms with Gasteiger partial charge in [-0.2, -0.15) is 5.10 Å². The highest BCUT2D eigenvalue weighted by molar-refractivity contribution is 5.79. The van der Waals surface area contributed by atoms with Crippen molar-refractivity contribution in [3.8, 4) is 0 Å². The van der Waals surface area contributed by atoms with Crippen LogP contribution in [0.3, 0.4) is 0 Å². The molecule has 1 amide bonds. The van der Waals surface area contributed by atoms with Crippen LogP contribution < -0.4 is 0 Å². The van der Waals surface area contributed by atoms with Gasteiger partial charge in [-0.15, -0.1) is 0 Å². The highest BCUT2D eigenvalue weighted by atomic mass is 16.2. The number of hydrogen-bond acceptors (Lipinski definition) is 3. The Labute approximate surface area is 134 Å². The second-order valence-corrected chi connectivity index (χ2v) is 6.09. The summed E-state index contributed by atoms with van der Waals surface area (Å²) in [4.78, 5) is 19.2. The Balaban J connectivity index is 1.51. The molecule has 0 spiro atoms. The molecule has 0 aromatic carbocycles. The summed E-state index contributed by atoms with van der Waals surface area (Å²) >= 11 is 0. The molecule has 1 aliphatic rings. The van der Waals surface area contributed by atoms with E-state index in [1.165, 1.54) is 0 Å². The third kappa shape index (κ3) is 2.50. The number of fused-ring (bicyclic) bond motifs is 1. The fourth-order valence-electron chi connectivity index (χ4n) is 3.37. The van der Waals surface area contributed by atoms with Gasteiger partial charge in [0.1, 0.15) is 5.65 Å². The molecule has 1 saturated heterocycles. The third-order valence-corrected chi connectivity index (χ3v) is 4.65. The highest BCUT2D eigenvalue weighted by Crippen LogP contribution is 2.26. The number of aromatic amines is 1. The molecule has 4 rings (SSSR count). The molecule has 0 radical (unpaired) electrons. The Morgan fingerprint density at radius 1 is 1.39 bits per heavy atom. The predicted molar refractivity (Wildman–Crippen MR) is 86.2 cm³/mol. The van der Waals surface area contributed by atoms with E-state index in [2.05, 4.69) is 15.2 Å². The SMILES string of the molecule is Cc1nc2ccccn2c1CC(=O)N1CC[C@H](c2ccn[nH]2)C1. The summed E-state index contributed by atoms with van der Waals surface area (Å²) in [7, 11) is 0. The maximum absolute atomic E-state index is 12.7. The average molecular weight is 309 g/mol. The van der Waals surface area contributed by atoms with E-state index in [-0.39, 0.29) is 5.91 Å². The van der Waals surface area contributed by atoms with Crippen molar-refractivity contribution in [2.24, 2.45) is 0 Å². The van der Waals surface area contributed by atoms with Crippen molar-refractivity contribution in [1.82, 2.24) is 24.5 Å². The maximum atomic E-state index is 12.7. The van der Waals surface area contributed by atoms with E-state index in [0.29, 0.717) is 12.3 Å². The first-order chi connectivity index (χ1) is 11.2. The minimum Gasteiger partial charge on any atom is -0.342 e. The third-order valence-electron chi connectivity index (χ3n) is 4.65. The van der Waals surface area contributed by atoms with Crippen LogP contribution in [0.5, 0.6) is 0 Å². The number of aromatic nitrogens is 4. The molecule has 1 N–H and O–H groups in total. The van der Waals surface area contributed by atoms with Crippen LogP contribution >= 0.6 is 0 Å². The largest absolute Gasteiger partial charge is 0.342 e. The number of carbonyl (C=O) groups is 1. The van der Waals surface area contributed by atoms with Gasteiger partial charge in [0.25, 0.3) is 0 Å². The molecule has 3 aromatic heterocycles. The Morgan fingerprint density at radius 3 is 3.13 bits per heavy atom. The number of rotatable bonds is 3. The number of carbonyl (C=O) groups excluding carboxylic acids is 1. The lowest BCUT2D eigenvalue weighted by atomic mass is 10.1. The van der Waals surface area contributed by atoms with Gasteiger partial charge in [-0.3, -0.25) is 9.89 Å². The molecule has 6 heteroatoms. The number of H-pyrrole nitrogens is 1. The Morgan fingerprint density at radius 2 is 2.30 bits per heavy atom. The molecule has 0 saturated carbocycles. The fourth-order valence-corrected chi connectivity index (χ4v) is 3.37. The lowest BCUT2D eigenvalue weighted by Gasteiger charge is -2.16. The molecule has 3 aromatic rings. The number of aryl methyl sites for hydroxylation is 1. The van der Waals surface area contributed by atoms with Crippen molar-refractivity contribution in [3.63, 3.8) is 0 Å². The number of nitrogens with zero attached hydrogens (tertiary/aromatic N) is 4. The molecule has 6 nitrogen and oxygen atoms in total. The number of likely N-dealkylation sites (tertiary alicyclic amines) is 1. The van der Waals surface area contributed by atoms with Crippen LogP contribution in [0.4, 0.5) is 0 Å². The van der Waals surface area contributed by atoms with Gasteiger partial charge in [-0.05, 0) is 31.5 Å². The zero-order valence-corrected chi connectivity index (χ0v) is 13.1. The molecule has 0 aliphatic carbocycles. The highest BCUT2D eigenvalue weighted by Gasteiger charge is 2.28. The zero-order chi connectivity index (χ0) is 15.8. The monoisotopic (exact) mass is 309 g/mol. The molecule has 118 valence electrons. The number of amides is 1. The Kier molecular flexibility index (Phi) is 3.37. The normalized spacial score (nSPS) is 18.0. The Bertz CT molecular complexity index is 836. The van der Waals surface area contributed by atoms with Crippen LogP contribution in [0.1, 0.15) is 29.4 Å². The molecular weight excluding hydrogens is 290 g/mol. The second kappa shape index (κ2) is 5.53. The maximum Gasteiger partial charge on any atom is 0.228 e. The first kappa shape index (κ1) is 14.0. The van der Waals surface area contributed by atoms with Crippen molar-refractivity contribution in [2.75, 3.05) is 13.1 Å². The van der Waals surface area contributed by atoms with Gasteiger partial charge >= 0.3 is 0 Å². The molecule has 23 heavy (non-hydrogen) atoms. The zero-order valence-electron chi connectivity index (χ0n) is 13.1. The molecular formula is C17H19N5O. The lowest BCUT2D eigenvalue weighted by molar-refractivity contribution is -0.129. The summed E-state index contributed by atoms with van der Waals surface area (Å²) in [5, 5.41) is 7.02. The first-order valence-electron chi connectivity index (χ1n) is 7.92. The van der Waals surface area contributed by atoms with Gasteiger partial charge in [0.15, 0.2) is 0 Å². The average Bonchev–Trinajstić information content (AvgIpc) is 3.27. The van der Waals surface area contributed by atoms with Gasteiger partial charge in [-0.25, -0.2) is 4.98 Å². The smallest absolute Gasteiger partial charge is 0.228 e. The van der Waals surface area contributed by atoms with E-state index in [1.54, 1.807) is 6.20 Å². The first-order valence-corrected chi connectivity index (χ1v) is 7.92. The van der Waals surface area contributed by atoms with Gasteiger partial charge in [0.2, 0.25) is 5.91 Å². The van der Waals surface area contributed by atoms with Crippen LogP contribution in [-0.2, 0) is 11.2 Å². The second-order valence-electron chi connectivity index (χ2n) is 6.09. The van der Waals surface area contributed by atoms with Crippen LogP contribution in [0.2, 0.25) is 0 Å². The standard InChI is InChI=1S/C17H19N5O/c1-12-15(22-8-3-2-4-16(22)19-12)10-17(23)21-9-6-13(11-21)14-5-7-18-20-14/h2-5,7-8,13H,6,9-11H2,1H3,(H,18,20)/t13-/m0/s1. The van der Waals surface area contributed by atoms with E-state index in [1.807, 2.05) is 46.7 Å². The summed E-state index contributed by atoms with van der Waals surface area (Å²) in [5.74, 6) is 0.533. The van der Waals surface area contributed by atoms with Crippen LogP contribution in [0.25, 0.3) is 5.65 Å². The van der Waals surface area contributed by atoms with Crippen molar-refractivity contribution in [2.45, 2.75) is 25.7 Å². The summed E-state index contributed by atoms with van der Waals surface area (Å²) < 4.78 is 2.01. The number of hydrogen-bond donors (Lipinski definition) is 1. The number of nitrogens with one attached hydrogen (secondary N) is 1. The van der Waals surface area contributed by atoms with Gasteiger partial charge in [0, 0.05) is 37.1 Å². The summed E-state index contributed by atoms with van der Waals surface area (Å²) in [6.45, 7) is 3.53. The van der Waals surface area contributed by atoms with Gasteiger partial charge in [0.05, 0.1) is 17.8 Å². The summed E-state index contributed by atoms with van der Waals surface area (Å²) in [5.41, 5.74) is 3.92. The van der Waals surface area contributed by atoms with Crippen molar-refractivity contribution >= 4 is 11.6 Å². The quantitative estimate of drug-likeness (QED) is 0.804. The van der Waals surface area contributed by atoms with Crippen molar-refractivity contribution < 1.29 is 4.79 Å². The summed E-state index contributed by atoms with van der Waals surface area (Å²) in [6, 6.07) is 7.88.